The van der Waals surface area contributed by atoms with Gasteiger partial charge in [-0.25, -0.2) is 4.79 Å². The molecule has 0 fully saturated rings. The van der Waals surface area contributed by atoms with Crippen LogP contribution in [-0.2, 0) is 11.2 Å². The van der Waals surface area contributed by atoms with Gasteiger partial charge in [0.2, 0.25) is 0 Å². The van der Waals surface area contributed by atoms with Gasteiger partial charge in [0.15, 0.2) is 11.5 Å². The molecule has 1 aromatic rings. The molecule has 0 aromatic heterocycles. The summed E-state index contributed by atoms with van der Waals surface area (Å²) < 4.78 is 0.361. The third-order valence-corrected chi connectivity index (χ3v) is 6.64. The Bertz CT molecular complexity index is 627. The van der Waals surface area contributed by atoms with Gasteiger partial charge in [0.1, 0.15) is 0 Å². The molecule has 0 bridgehead atoms. The lowest BCUT2D eigenvalue weighted by Gasteiger charge is -2.27. The van der Waals surface area contributed by atoms with E-state index in [1.807, 2.05) is 14.1 Å². The first-order valence-electron chi connectivity index (χ1n) is 13.2. The third-order valence-electron chi connectivity index (χ3n) is 6.64. The number of quaternary nitrogens is 1. The average molecular weight is 449 g/mol. The fourth-order valence-electron chi connectivity index (χ4n) is 4.25. The van der Waals surface area contributed by atoms with Crippen LogP contribution in [0, 0.1) is 0 Å². The molecule has 0 saturated heterocycles. The molecule has 0 saturated carbocycles. The van der Waals surface area contributed by atoms with Crippen molar-refractivity contribution in [3.05, 3.63) is 23.8 Å². The molecule has 0 aliphatic carbocycles. The summed E-state index contributed by atoms with van der Waals surface area (Å²) in [6, 6.07) is 4.61. The van der Waals surface area contributed by atoms with Gasteiger partial charge in [0.05, 0.1) is 27.1 Å². The van der Waals surface area contributed by atoms with E-state index < -0.39 is 0 Å². The number of aromatic hydroxyl groups is 2. The van der Waals surface area contributed by atoms with Crippen LogP contribution in [0.2, 0.25) is 0 Å². The Labute approximate surface area is 197 Å². The number of hydrogen-bond acceptors (Lipinski definition) is 3. The normalized spacial score (nSPS) is 11.7. The van der Waals surface area contributed by atoms with Gasteiger partial charge in [-0.1, -0.05) is 103 Å². The summed E-state index contributed by atoms with van der Waals surface area (Å²) in [5.74, 6) is -0.183. The van der Waals surface area contributed by atoms with Crippen LogP contribution in [0.5, 0.6) is 11.5 Å². The number of phenolic OH excluding ortho intramolecular Hbond substituents is 2. The highest BCUT2D eigenvalue weighted by Crippen LogP contribution is 2.25. The Kier molecular flexibility index (Phi) is 15.1. The van der Waals surface area contributed by atoms with Crippen LogP contribution in [-0.4, -0.2) is 41.2 Å². The van der Waals surface area contributed by atoms with Crippen LogP contribution in [0.4, 0.5) is 0 Å². The van der Waals surface area contributed by atoms with Crippen LogP contribution in [0.3, 0.4) is 0 Å². The van der Waals surface area contributed by atoms with Gasteiger partial charge in [0, 0.05) is 0 Å². The molecule has 4 heteroatoms. The second kappa shape index (κ2) is 17.0. The zero-order valence-electron chi connectivity index (χ0n) is 21.2. The van der Waals surface area contributed by atoms with Crippen molar-refractivity contribution in [1.29, 1.82) is 0 Å². The van der Waals surface area contributed by atoms with Crippen molar-refractivity contribution in [2.24, 2.45) is 0 Å². The lowest BCUT2D eigenvalue weighted by molar-refractivity contribution is -0.814. The topological polar surface area (TPSA) is 57.5 Å². The van der Waals surface area contributed by atoms with Gasteiger partial charge in [-0.05, 0) is 30.5 Å². The molecule has 1 rings (SSSR count). The molecular formula is C28H50NO3+. The molecule has 0 aliphatic heterocycles. The lowest BCUT2D eigenvalue weighted by Crippen LogP contribution is -2.47. The number of phenols is 2. The second-order valence-corrected chi connectivity index (χ2v) is 10.1. The molecule has 0 heterocycles. The number of hydrogen-bond donors (Lipinski definition) is 2. The molecule has 0 aliphatic rings. The number of amides is 1. The van der Waals surface area contributed by atoms with E-state index in [0.717, 1.165) is 18.5 Å². The Morgan fingerprint density at radius 2 is 1.12 bits per heavy atom. The lowest BCUT2D eigenvalue weighted by atomic mass is 10.0. The predicted octanol–water partition coefficient (Wildman–Crippen LogP) is 7.50. The van der Waals surface area contributed by atoms with Gasteiger partial charge in [-0.15, -0.1) is 0 Å². The molecule has 1 amide bonds. The minimum Gasteiger partial charge on any atom is -0.504 e. The fourth-order valence-corrected chi connectivity index (χ4v) is 4.25. The summed E-state index contributed by atoms with van der Waals surface area (Å²) in [5, 5.41) is 19.0. The molecule has 2 N–H and O–H groups in total. The highest BCUT2D eigenvalue weighted by molar-refractivity contribution is 5.72. The standard InChI is InChI=1S/C28H49NO3/c1-4-5-6-7-8-9-10-11-12-13-14-15-16-17-18-19-22-29(2,3)28(32)24-25-20-21-26(30)27(31)23-25/h20-21,23H,4-19,22,24H2,1-3H3,(H-,30,31)/p+1. The largest absolute Gasteiger partial charge is 0.504 e. The van der Waals surface area contributed by atoms with Crippen molar-refractivity contribution < 1.29 is 19.5 Å². The maximum absolute atomic E-state index is 12.6. The van der Waals surface area contributed by atoms with Crippen molar-refractivity contribution in [2.75, 3.05) is 20.6 Å². The van der Waals surface area contributed by atoms with Crippen molar-refractivity contribution in [2.45, 2.75) is 116 Å². The number of carbonyl (C=O) groups excluding carboxylic acids is 1. The number of carbonyl (C=O) groups is 1. The van der Waals surface area contributed by atoms with E-state index in [0.29, 0.717) is 4.48 Å². The monoisotopic (exact) mass is 448 g/mol. The number of benzene rings is 1. The highest BCUT2D eigenvalue weighted by atomic mass is 16.3. The number of rotatable bonds is 19. The average Bonchev–Trinajstić information content (AvgIpc) is 2.76. The fraction of sp³-hybridized carbons (Fsp3) is 0.750. The molecule has 1 aromatic carbocycles. The van der Waals surface area contributed by atoms with Crippen LogP contribution in [0.15, 0.2) is 18.2 Å². The van der Waals surface area contributed by atoms with Gasteiger partial charge in [0.25, 0.3) is 0 Å². The smallest absolute Gasteiger partial charge is 0.317 e. The quantitative estimate of drug-likeness (QED) is 0.131. The molecule has 0 atom stereocenters. The minimum atomic E-state index is -0.168. The molecule has 4 nitrogen and oxygen atoms in total. The molecule has 184 valence electrons. The van der Waals surface area contributed by atoms with E-state index in [2.05, 4.69) is 6.92 Å². The van der Waals surface area contributed by atoms with E-state index in [-0.39, 0.29) is 23.8 Å². The molecule has 0 radical (unpaired) electrons. The summed E-state index contributed by atoms with van der Waals surface area (Å²) in [6.07, 6.45) is 21.9. The van der Waals surface area contributed by atoms with Crippen LogP contribution in [0.25, 0.3) is 0 Å². The van der Waals surface area contributed by atoms with Gasteiger partial charge < -0.3 is 10.2 Å². The zero-order valence-corrected chi connectivity index (χ0v) is 21.2. The Morgan fingerprint density at radius 3 is 1.56 bits per heavy atom. The highest BCUT2D eigenvalue weighted by Gasteiger charge is 2.25. The van der Waals surface area contributed by atoms with Gasteiger partial charge in [-0.3, -0.25) is 4.48 Å². The molecule has 0 unspecified atom stereocenters. The summed E-state index contributed by atoms with van der Waals surface area (Å²) in [5.41, 5.74) is 0.739. The molecule has 0 spiro atoms. The zero-order chi connectivity index (χ0) is 23.7. The summed E-state index contributed by atoms with van der Waals surface area (Å²) in [7, 11) is 3.93. The first-order chi connectivity index (χ1) is 15.4. The first kappa shape index (κ1) is 28.5. The van der Waals surface area contributed by atoms with Crippen molar-refractivity contribution >= 4 is 5.91 Å². The second-order valence-electron chi connectivity index (χ2n) is 10.1. The number of nitrogens with zero attached hydrogens (tertiary/aromatic N) is 1. The summed E-state index contributed by atoms with van der Waals surface area (Å²) in [6.45, 7) is 3.13. The predicted molar refractivity (Wildman–Crippen MR) is 135 cm³/mol. The third kappa shape index (κ3) is 13.1. The van der Waals surface area contributed by atoms with E-state index in [1.165, 1.54) is 108 Å². The maximum Gasteiger partial charge on any atom is 0.317 e. The Morgan fingerprint density at radius 1 is 0.688 bits per heavy atom. The van der Waals surface area contributed by atoms with E-state index in [4.69, 9.17) is 0 Å². The maximum atomic E-state index is 12.6. The molecule has 32 heavy (non-hydrogen) atoms. The Balaban J connectivity index is 1.98. The van der Waals surface area contributed by atoms with Crippen molar-refractivity contribution in [3.8, 4) is 11.5 Å². The van der Waals surface area contributed by atoms with Gasteiger partial charge in [-0.2, -0.15) is 0 Å². The first-order valence-corrected chi connectivity index (χ1v) is 13.2. The van der Waals surface area contributed by atoms with Crippen molar-refractivity contribution in [3.63, 3.8) is 0 Å². The van der Waals surface area contributed by atoms with Crippen LogP contribution in [0.1, 0.15) is 115 Å². The van der Waals surface area contributed by atoms with Crippen LogP contribution < -0.4 is 0 Å². The number of likely N-dealkylation sites (N-methyl/N-ethyl adjacent to an activating group) is 1. The minimum absolute atomic E-state index is 0.135. The number of unbranched alkanes of at least 4 members (excludes halogenated alkanes) is 15. The molecular weight excluding hydrogens is 398 g/mol. The van der Waals surface area contributed by atoms with Crippen LogP contribution >= 0.6 is 0 Å². The van der Waals surface area contributed by atoms with Crippen molar-refractivity contribution in [1.82, 2.24) is 0 Å². The summed E-state index contributed by atoms with van der Waals surface area (Å²) in [4.78, 5) is 12.6. The Hall–Kier alpha value is -1.55. The van der Waals surface area contributed by atoms with E-state index in [9.17, 15) is 15.0 Å². The van der Waals surface area contributed by atoms with Gasteiger partial charge >= 0.3 is 5.91 Å². The SMILES string of the molecule is CCCCCCCCCCCCCCCCCC[N+](C)(C)C(=O)Cc1ccc(O)c(O)c1. The van der Waals surface area contributed by atoms with E-state index >= 15 is 0 Å². The van der Waals surface area contributed by atoms with E-state index in [1.54, 1.807) is 6.07 Å². The summed E-state index contributed by atoms with van der Waals surface area (Å²) >= 11 is 0.